The fraction of sp³-hybridized carbons (Fsp3) is 0.909. The van der Waals surface area contributed by atoms with Gasteiger partial charge in [-0.3, -0.25) is 4.99 Å². The molecule has 0 aromatic heterocycles. The standard InChI is InChI=1S/C11H21N3/c1-11(2,3)10-6-8-9(7-14-10)13-5-4-12-8/h7-10,12-13H,4-6H2,1-3H3. The molecule has 3 nitrogen and oxygen atoms in total. The Balaban J connectivity index is 2.06. The van der Waals surface area contributed by atoms with Gasteiger partial charge in [0, 0.05) is 25.3 Å². The van der Waals surface area contributed by atoms with E-state index in [4.69, 9.17) is 0 Å². The molecular formula is C11H21N3. The number of hydrogen-bond acceptors (Lipinski definition) is 3. The van der Waals surface area contributed by atoms with Crippen molar-refractivity contribution in [3.8, 4) is 0 Å². The van der Waals surface area contributed by atoms with E-state index in [1.165, 1.54) is 0 Å². The minimum Gasteiger partial charge on any atom is -0.311 e. The molecule has 0 aromatic rings. The number of piperazine rings is 1. The molecule has 2 N–H and O–H groups in total. The second-order valence-corrected chi connectivity index (χ2v) is 5.46. The Kier molecular flexibility index (Phi) is 2.62. The molecular weight excluding hydrogens is 174 g/mol. The van der Waals surface area contributed by atoms with Gasteiger partial charge in [0.05, 0.1) is 12.1 Å². The van der Waals surface area contributed by atoms with Gasteiger partial charge in [-0.15, -0.1) is 0 Å². The van der Waals surface area contributed by atoms with Crippen LogP contribution in [0.1, 0.15) is 27.2 Å². The molecule has 1 saturated heterocycles. The molecule has 3 atom stereocenters. The van der Waals surface area contributed by atoms with Crippen LogP contribution in [-0.4, -0.2) is 37.4 Å². The predicted molar refractivity (Wildman–Crippen MR) is 59.9 cm³/mol. The maximum absolute atomic E-state index is 4.66. The van der Waals surface area contributed by atoms with E-state index in [0.717, 1.165) is 19.5 Å². The molecule has 0 aliphatic carbocycles. The molecule has 0 amide bonds. The topological polar surface area (TPSA) is 36.4 Å². The van der Waals surface area contributed by atoms with E-state index in [1.54, 1.807) is 0 Å². The van der Waals surface area contributed by atoms with E-state index in [1.807, 2.05) is 0 Å². The van der Waals surface area contributed by atoms with E-state index in [0.29, 0.717) is 23.5 Å². The van der Waals surface area contributed by atoms with Crippen LogP contribution in [0.2, 0.25) is 0 Å². The molecule has 14 heavy (non-hydrogen) atoms. The number of fused-ring (bicyclic) bond motifs is 1. The Morgan fingerprint density at radius 2 is 1.93 bits per heavy atom. The first-order valence-electron chi connectivity index (χ1n) is 5.57. The molecule has 0 bridgehead atoms. The predicted octanol–water partition coefficient (Wildman–Crippen LogP) is 0.806. The lowest BCUT2D eigenvalue weighted by atomic mass is 9.80. The van der Waals surface area contributed by atoms with Crippen LogP contribution in [0, 0.1) is 5.41 Å². The van der Waals surface area contributed by atoms with E-state index >= 15 is 0 Å². The molecule has 2 rings (SSSR count). The van der Waals surface area contributed by atoms with Crippen molar-refractivity contribution in [2.24, 2.45) is 10.4 Å². The highest BCUT2D eigenvalue weighted by molar-refractivity contribution is 5.67. The van der Waals surface area contributed by atoms with Gasteiger partial charge in [-0.1, -0.05) is 20.8 Å². The van der Waals surface area contributed by atoms with Gasteiger partial charge >= 0.3 is 0 Å². The molecule has 3 unspecified atom stereocenters. The van der Waals surface area contributed by atoms with Gasteiger partial charge in [-0.05, 0) is 11.8 Å². The summed E-state index contributed by atoms with van der Waals surface area (Å²) in [6.45, 7) is 8.96. The Hall–Kier alpha value is -0.410. The van der Waals surface area contributed by atoms with Crippen molar-refractivity contribution < 1.29 is 0 Å². The fourth-order valence-electron chi connectivity index (χ4n) is 2.23. The van der Waals surface area contributed by atoms with Gasteiger partial charge in [0.2, 0.25) is 0 Å². The summed E-state index contributed by atoms with van der Waals surface area (Å²) < 4.78 is 0. The van der Waals surface area contributed by atoms with Gasteiger partial charge in [-0.25, -0.2) is 0 Å². The number of rotatable bonds is 0. The second-order valence-electron chi connectivity index (χ2n) is 5.46. The number of aliphatic imine (C=N–C) groups is 1. The Morgan fingerprint density at radius 1 is 1.21 bits per heavy atom. The lowest BCUT2D eigenvalue weighted by Crippen LogP contribution is -2.60. The third kappa shape index (κ3) is 1.98. The first-order chi connectivity index (χ1) is 6.57. The Bertz CT molecular complexity index is 229. The van der Waals surface area contributed by atoms with Crippen molar-refractivity contribution in [1.29, 1.82) is 0 Å². The molecule has 0 saturated carbocycles. The Labute approximate surface area is 86.4 Å². The zero-order valence-electron chi connectivity index (χ0n) is 9.38. The van der Waals surface area contributed by atoms with Crippen LogP contribution in [-0.2, 0) is 0 Å². The Morgan fingerprint density at radius 3 is 2.64 bits per heavy atom. The van der Waals surface area contributed by atoms with Crippen LogP contribution in [0.5, 0.6) is 0 Å². The molecule has 2 aliphatic heterocycles. The van der Waals surface area contributed by atoms with Crippen molar-refractivity contribution in [2.45, 2.75) is 45.3 Å². The summed E-state index contributed by atoms with van der Waals surface area (Å²) in [4.78, 5) is 4.66. The molecule has 0 radical (unpaired) electrons. The van der Waals surface area contributed by atoms with Crippen molar-refractivity contribution in [1.82, 2.24) is 10.6 Å². The molecule has 3 heteroatoms. The van der Waals surface area contributed by atoms with Crippen LogP contribution in [0.4, 0.5) is 0 Å². The fourth-order valence-corrected chi connectivity index (χ4v) is 2.23. The largest absolute Gasteiger partial charge is 0.311 e. The molecule has 0 aromatic carbocycles. The maximum atomic E-state index is 4.66. The van der Waals surface area contributed by atoms with E-state index < -0.39 is 0 Å². The number of nitrogens with zero attached hydrogens (tertiary/aromatic N) is 1. The SMILES string of the molecule is CC(C)(C)C1CC2NCCNC2C=N1. The van der Waals surface area contributed by atoms with E-state index in [9.17, 15) is 0 Å². The third-order valence-corrected chi connectivity index (χ3v) is 3.25. The van der Waals surface area contributed by atoms with Gasteiger partial charge in [0.15, 0.2) is 0 Å². The molecule has 2 heterocycles. The maximum Gasteiger partial charge on any atom is 0.0577 e. The van der Waals surface area contributed by atoms with Crippen molar-refractivity contribution in [2.75, 3.05) is 13.1 Å². The summed E-state index contributed by atoms with van der Waals surface area (Å²) >= 11 is 0. The van der Waals surface area contributed by atoms with Crippen molar-refractivity contribution >= 4 is 6.21 Å². The summed E-state index contributed by atoms with van der Waals surface area (Å²) in [6, 6.07) is 1.52. The minimum atomic E-state index is 0.292. The van der Waals surface area contributed by atoms with Crippen LogP contribution in [0.25, 0.3) is 0 Å². The summed E-state index contributed by atoms with van der Waals surface area (Å²) in [7, 11) is 0. The van der Waals surface area contributed by atoms with Crippen molar-refractivity contribution in [3.05, 3.63) is 0 Å². The van der Waals surface area contributed by atoms with E-state index in [-0.39, 0.29) is 0 Å². The highest BCUT2D eigenvalue weighted by Gasteiger charge is 2.34. The normalized spacial score (nSPS) is 38.1. The lowest BCUT2D eigenvalue weighted by Gasteiger charge is -2.40. The van der Waals surface area contributed by atoms with Gasteiger partial charge < -0.3 is 10.6 Å². The van der Waals surface area contributed by atoms with Crippen LogP contribution < -0.4 is 10.6 Å². The molecule has 0 spiro atoms. The first-order valence-corrected chi connectivity index (χ1v) is 5.57. The summed E-state index contributed by atoms with van der Waals surface area (Å²) in [5.74, 6) is 0. The first kappa shape index (κ1) is 10.1. The highest BCUT2D eigenvalue weighted by Crippen LogP contribution is 2.28. The van der Waals surface area contributed by atoms with Gasteiger partial charge in [0.1, 0.15) is 0 Å². The smallest absolute Gasteiger partial charge is 0.0577 e. The zero-order chi connectivity index (χ0) is 10.2. The summed E-state index contributed by atoms with van der Waals surface area (Å²) in [5, 5.41) is 7.05. The molecule has 80 valence electrons. The number of hydrogen-bond donors (Lipinski definition) is 2. The quantitative estimate of drug-likeness (QED) is 0.600. The minimum absolute atomic E-state index is 0.292. The monoisotopic (exact) mass is 195 g/mol. The highest BCUT2D eigenvalue weighted by atomic mass is 15.1. The summed E-state index contributed by atoms with van der Waals surface area (Å²) in [5.41, 5.74) is 0.292. The lowest BCUT2D eigenvalue weighted by molar-refractivity contribution is 0.243. The zero-order valence-corrected chi connectivity index (χ0v) is 9.38. The number of nitrogens with one attached hydrogen (secondary N) is 2. The van der Waals surface area contributed by atoms with Crippen LogP contribution in [0.3, 0.4) is 0 Å². The molecule has 1 fully saturated rings. The third-order valence-electron chi connectivity index (χ3n) is 3.25. The van der Waals surface area contributed by atoms with E-state index in [2.05, 4.69) is 42.6 Å². The average molecular weight is 195 g/mol. The average Bonchev–Trinajstić information content (AvgIpc) is 2.16. The van der Waals surface area contributed by atoms with Crippen LogP contribution in [0.15, 0.2) is 4.99 Å². The van der Waals surface area contributed by atoms with Crippen molar-refractivity contribution in [3.63, 3.8) is 0 Å². The molecule has 2 aliphatic rings. The summed E-state index contributed by atoms with van der Waals surface area (Å²) in [6.07, 6.45) is 3.27. The van der Waals surface area contributed by atoms with Gasteiger partial charge in [0.25, 0.3) is 0 Å². The van der Waals surface area contributed by atoms with Crippen LogP contribution >= 0.6 is 0 Å². The second kappa shape index (κ2) is 3.63. The van der Waals surface area contributed by atoms with Gasteiger partial charge in [-0.2, -0.15) is 0 Å².